The number of carbonyl (C=O) groups is 1. The number of benzene rings is 2. The maximum atomic E-state index is 13.1. The first kappa shape index (κ1) is 16.4. The molecule has 1 atom stereocenters. The minimum atomic E-state index is -0.350. The first-order chi connectivity index (χ1) is 12.7. The molecule has 0 aliphatic carbocycles. The van der Waals surface area contributed by atoms with Crippen LogP contribution >= 0.6 is 0 Å². The van der Waals surface area contributed by atoms with Crippen LogP contribution in [0.2, 0.25) is 0 Å². The van der Waals surface area contributed by atoms with E-state index >= 15 is 0 Å². The van der Waals surface area contributed by atoms with Crippen LogP contribution in [0.25, 0.3) is 11.4 Å². The number of hydrogen-bond acceptors (Lipinski definition) is 4. The third kappa shape index (κ3) is 3.35. The van der Waals surface area contributed by atoms with Crippen LogP contribution in [0.1, 0.15) is 35.0 Å². The number of hydrogen-bond donors (Lipinski definition) is 0. The van der Waals surface area contributed by atoms with E-state index in [0.717, 1.165) is 18.4 Å². The number of piperidine rings is 1. The van der Waals surface area contributed by atoms with E-state index in [-0.39, 0.29) is 17.6 Å². The molecule has 132 valence electrons. The zero-order valence-corrected chi connectivity index (χ0v) is 14.1. The summed E-state index contributed by atoms with van der Waals surface area (Å²) in [5, 5.41) is 4.07. The maximum absolute atomic E-state index is 13.1. The van der Waals surface area contributed by atoms with Crippen molar-refractivity contribution in [1.82, 2.24) is 15.0 Å². The zero-order chi connectivity index (χ0) is 17.9. The fourth-order valence-corrected chi connectivity index (χ4v) is 3.24. The van der Waals surface area contributed by atoms with Gasteiger partial charge in [-0.25, -0.2) is 4.39 Å². The molecule has 0 radical (unpaired) electrons. The average Bonchev–Trinajstić information content (AvgIpc) is 3.19. The van der Waals surface area contributed by atoms with Crippen LogP contribution in [-0.2, 0) is 0 Å². The minimum absolute atomic E-state index is 0.0121. The van der Waals surface area contributed by atoms with Gasteiger partial charge in [0.25, 0.3) is 5.91 Å². The molecule has 6 heteroatoms. The van der Waals surface area contributed by atoms with Crippen molar-refractivity contribution in [3.05, 3.63) is 71.9 Å². The Bertz CT molecular complexity index is 893. The molecule has 1 aliphatic heterocycles. The summed E-state index contributed by atoms with van der Waals surface area (Å²) in [6.45, 7) is 1.19. The SMILES string of the molecule is O=C(c1ccc(F)cc1)N1CCC[C@@H](c2nc(-c3ccccc3)no2)C1. The highest BCUT2D eigenvalue weighted by molar-refractivity contribution is 5.94. The number of halogens is 1. The third-order valence-electron chi connectivity index (χ3n) is 4.62. The molecule has 1 aromatic heterocycles. The largest absolute Gasteiger partial charge is 0.339 e. The summed E-state index contributed by atoms with van der Waals surface area (Å²) >= 11 is 0. The number of aromatic nitrogens is 2. The Labute approximate surface area is 150 Å². The monoisotopic (exact) mass is 351 g/mol. The van der Waals surface area contributed by atoms with Crippen LogP contribution in [0, 0.1) is 5.82 Å². The molecule has 26 heavy (non-hydrogen) atoms. The molecule has 2 heterocycles. The fraction of sp³-hybridized carbons (Fsp3) is 0.250. The molecule has 2 aromatic carbocycles. The lowest BCUT2D eigenvalue weighted by molar-refractivity contribution is 0.0695. The molecule has 5 nitrogen and oxygen atoms in total. The van der Waals surface area contributed by atoms with Crippen LogP contribution in [0.5, 0.6) is 0 Å². The summed E-state index contributed by atoms with van der Waals surface area (Å²) in [6.07, 6.45) is 1.75. The number of rotatable bonds is 3. The van der Waals surface area contributed by atoms with Crippen molar-refractivity contribution in [1.29, 1.82) is 0 Å². The lowest BCUT2D eigenvalue weighted by Crippen LogP contribution is -2.39. The summed E-state index contributed by atoms with van der Waals surface area (Å²) in [4.78, 5) is 18.9. The summed E-state index contributed by atoms with van der Waals surface area (Å²) in [5.41, 5.74) is 1.39. The van der Waals surface area contributed by atoms with Gasteiger partial charge in [-0.2, -0.15) is 4.98 Å². The Morgan fingerprint density at radius 2 is 1.88 bits per heavy atom. The van der Waals surface area contributed by atoms with Crippen LogP contribution in [-0.4, -0.2) is 34.0 Å². The molecule has 1 aliphatic rings. The highest BCUT2D eigenvalue weighted by atomic mass is 19.1. The van der Waals surface area contributed by atoms with Gasteiger partial charge in [-0.3, -0.25) is 4.79 Å². The van der Waals surface area contributed by atoms with E-state index in [0.29, 0.717) is 30.4 Å². The van der Waals surface area contributed by atoms with Gasteiger partial charge in [0.2, 0.25) is 11.7 Å². The summed E-state index contributed by atoms with van der Waals surface area (Å²) in [6, 6.07) is 15.3. The summed E-state index contributed by atoms with van der Waals surface area (Å²) < 4.78 is 18.5. The molecule has 0 unspecified atom stereocenters. The molecule has 1 amide bonds. The predicted molar refractivity (Wildman–Crippen MR) is 94.0 cm³/mol. The first-order valence-electron chi connectivity index (χ1n) is 8.64. The smallest absolute Gasteiger partial charge is 0.253 e. The Morgan fingerprint density at radius 3 is 2.65 bits per heavy atom. The van der Waals surface area contributed by atoms with Crippen molar-refractivity contribution in [2.45, 2.75) is 18.8 Å². The Balaban J connectivity index is 1.49. The predicted octanol–water partition coefficient (Wildman–Crippen LogP) is 3.90. The van der Waals surface area contributed by atoms with Crippen molar-refractivity contribution >= 4 is 5.91 Å². The van der Waals surface area contributed by atoms with Crippen molar-refractivity contribution < 1.29 is 13.7 Å². The second-order valence-corrected chi connectivity index (χ2v) is 6.42. The van der Waals surface area contributed by atoms with Crippen molar-refractivity contribution in [2.75, 3.05) is 13.1 Å². The van der Waals surface area contributed by atoms with Gasteiger partial charge < -0.3 is 9.42 Å². The highest BCUT2D eigenvalue weighted by Crippen LogP contribution is 2.28. The van der Waals surface area contributed by atoms with Crippen LogP contribution in [0.15, 0.2) is 59.1 Å². The minimum Gasteiger partial charge on any atom is -0.339 e. The lowest BCUT2D eigenvalue weighted by atomic mass is 9.97. The zero-order valence-electron chi connectivity index (χ0n) is 14.1. The summed E-state index contributed by atoms with van der Waals surface area (Å²) in [5.74, 6) is 0.677. The number of nitrogens with zero attached hydrogens (tertiary/aromatic N) is 3. The van der Waals surface area contributed by atoms with Crippen molar-refractivity contribution in [2.24, 2.45) is 0 Å². The van der Waals surface area contributed by atoms with E-state index in [2.05, 4.69) is 10.1 Å². The molecule has 4 rings (SSSR count). The molecular formula is C20H18FN3O2. The van der Waals surface area contributed by atoms with Gasteiger partial charge in [0, 0.05) is 24.2 Å². The number of amides is 1. The van der Waals surface area contributed by atoms with Gasteiger partial charge in [-0.05, 0) is 37.1 Å². The van der Waals surface area contributed by atoms with E-state index in [9.17, 15) is 9.18 Å². The molecule has 0 N–H and O–H groups in total. The third-order valence-corrected chi connectivity index (χ3v) is 4.62. The second kappa shape index (κ2) is 7.07. The topological polar surface area (TPSA) is 59.2 Å². The molecule has 0 spiro atoms. The maximum Gasteiger partial charge on any atom is 0.253 e. The Kier molecular flexibility index (Phi) is 4.48. The van der Waals surface area contributed by atoms with E-state index in [4.69, 9.17) is 4.52 Å². The molecular weight excluding hydrogens is 333 g/mol. The van der Waals surface area contributed by atoms with E-state index < -0.39 is 0 Å². The van der Waals surface area contributed by atoms with Gasteiger partial charge in [-0.15, -0.1) is 0 Å². The molecule has 0 bridgehead atoms. The highest BCUT2D eigenvalue weighted by Gasteiger charge is 2.29. The second-order valence-electron chi connectivity index (χ2n) is 6.42. The lowest BCUT2D eigenvalue weighted by Gasteiger charge is -2.31. The molecule has 0 saturated carbocycles. The van der Waals surface area contributed by atoms with Gasteiger partial charge in [0.05, 0.1) is 5.92 Å². The van der Waals surface area contributed by atoms with Gasteiger partial charge >= 0.3 is 0 Å². The quantitative estimate of drug-likeness (QED) is 0.718. The number of carbonyl (C=O) groups excluding carboxylic acids is 1. The Hall–Kier alpha value is -3.02. The normalized spacial score (nSPS) is 17.3. The standard InChI is InChI=1S/C20H18FN3O2/c21-17-10-8-15(9-11-17)20(25)24-12-4-7-16(13-24)19-22-18(23-26-19)14-5-2-1-3-6-14/h1-3,5-6,8-11,16H,4,7,12-13H2/t16-/m1/s1. The van der Waals surface area contributed by atoms with Crippen molar-refractivity contribution in [3.8, 4) is 11.4 Å². The average molecular weight is 351 g/mol. The van der Waals surface area contributed by atoms with Gasteiger partial charge in [-0.1, -0.05) is 35.5 Å². The van der Waals surface area contributed by atoms with E-state index in [1.165, 1.54) is 24.3 Å². The molecule has 1 saturated heterocycles. The van der Waals surface area contributed by atoms with Crippen LogP contribution < -0.4 is 0 Å². The van der Waals surface area contributed by atoms with Crippen LogP contribution in [0.3, 0.4) is 0 Å². The fourth-order valence-electron chi connectivity index (χ4n) is 3.24. The van der Waals surface area contributed by atoms with Gasteiger partial charge in [0.1, 0.15) is 5.82 Å². The van der Waals surface area contributed by atoms with E-state index in [1.54, 1.807) is 4.90 Å². The number of likely N-dealkylation sites (tertiary alicyclic amines) is 1. The first-order valence-corrected chi connectivity index (χ1v) is 8.64. The van der Waals surface area contributed by atoms with E-state index in [1.807, 2.05) is 30.3 Å². The Morgan fingerprint density at radius 1 is 1.12 bits per heavy atom. The summed E-state index contributed by atoms with van der Waals surface area (Å²) in [7, 11) is 0. The van der Waals surface area contributed by atoms with Crippen molar-refractivity contribution in [3.63, 3.8) is 0 Å². The molecule has 3 aromatic rings. The van der Waals surface area contributed by atoms with Crippen LogP contribution in [0.4, 0.5) is 4.39 Å². The molecule has 1 fully saturated rings. The van der Waals surface area contributed by atoms with Gasteiger partial charge in [0.15, 0.2) is 0 Å².